The van der Waals surface area contributed by atoms with Crippen LogP contribution in [0.15, 0.2) is 47.5 Å². The highest BCUT2D eigenvalue weighted by atomic mass is 35.5. The van der Waals surface area contributed by atoms with Gasteiger partial charge in [0.15, 0.2) is 0 Å². The molecule has 1 aromatic heterocycles. The van der Waals surface area contributed by atoms with Crippen LogP contribution in [0.2, 0.25) is 0 Å². The summed E-state index contributed by atoms with van der Waals surface area (Å²) >= 11 is 7.40. The number of hydrogen-bond acceptors (Lipinski definition) is 3. The van der Waals surface area contributed by atoms with Crippen molar-refractivity contribution in [3.05, 3.63) is 48.3 Å². The zero-order valence-corrected chi connectivity index (χ0v) is 11.0. The van der Waals surface area contributed by atoms with Gasteiger partial charge in [-0.2, -0.15) is 0 Å². The third-order valence-corrected chi connectivity index (χ3v) is 3.27. The molecule has 0 atom stereocenters. The molecule has 0 spiro atoms. The van der Waals surface area contributed by atoms with Gasteiger partial charge in [-0.1, -0.05) is 12.1 Å². The van der Waals surface area contributed by atoms with Crippen LogP contribution in [0.5, 0.6) is 11.5 Å². The van der Waals surface area contributed by atoms with Gasteiger partial charge in [0.25, 0.3) is 0 Å². The minimum absolute atomic E-state index is 0.390. The van der Waals surface area contributed by atoms with Crippen LogP contribution in [0.3, 0.4) is 0 Å². The number of para-hydroxylation sites is 1. The fourth-order valence-electron chi connectivity index (χ4n) is 1.42. The molecule has 1 heterocycles. The number of benzene rings is 1. The van der Waals surface area contributed by atoms with E-state index in [0.717, 1.165) is 22.1 Å². The van der Waals surface area contributed by atoms with Gasteiger partial charge in [-0.25, -0.2) is 0 Å². The second-order valence-corrected chi connectivity index (χ2v) is 4.48. The number of hydrogen-bond donors (Lipinski definition) is 0. The molecule has 0 amide bonds. The number of halogens is 1. The molecular formula is C13H12ClNOS. The van der Waals surface area contributed by atoms with Crippen molar-refractivity contribution in [1.82, 2.24) is 4.98 Å². The van der Waals surface area contributed by atoms with Gasteiger partial charge in [0.2, 0.25) is 0 Å². The zero-order valence-electron chi connectivity index (χ0n) is 9.39. The molecule has 0 aliphatic rings. The van der Waals surface area contributed by atoms with Gasteiger partial charge in [-0.3, -0.25) is 4.98 Å². The third-order valence-electron chi connectivity index (χ3n) is 2.22. The molecular weight excluding hydrogens is 254 g/mol. The fourth-order valence-corrected chi connectivity index (χ4v) is 2.09. The summed E-state index contributed by atoms with van der Waals surface area (Å²) in [5, 5.41) is 0. The van der Waals surface area contributed by atoms with Crippen LogP contribution < -0.4 is 4.74 Å². The number of aromatic nitrogens is 1. The van der Waals surface area contributed by atoms with Crippen LogP contribution in [0.25, 0.3) is 0 Å². The summed E-state index contributed by atoms with van der Waals surface area (Å²) in [5.74, 6) is 2.00. The van der Waals surface area contributed by atoms with Crippen molar-refractivity contribution < 1.29 is 4.74 Å². The van der Waals surface area contributed by atoms with Gasteiger partial charge in [0.1, 0.15) is 11.5 Å². The van der Waals surface area contributed by atoms with E-state index in [9.17, 15) is 0 Å². The number of pyridine rings is 1. The monoisotopic (exact) mass is 265 g/mol. The van der Waals surface area contributed by atoms with E-state index in [4.69, 9.17) is 16.3 Å². The molecule has 2 nitrogen and oxygen atoms in total. The van der Waals surface area contributed by atoms with Gasteiger partial charge in [-0.15, -0.1) is 23.4 Å². The standard InChI is InChI=1S/C13H12ClNOS/c1-17-13-5-3-2-4-12(13)16-11-6-7-15-10(8-11)9-14/h2-8H,9H2,1H3. The van der Waals surface area contributed by atoms with Crippen molar-refractivity contribution in [3.63, 3.8) is 0 Å². The molecule has 4 heteroatoms. The molecule has 0 aliphatic heterocycles. The Morgan fingerprint density at radius 2 is 2.12 bits per heavy atom. The van der Waals surface area contributed by atoms with Crippen molar-refractivity contribution in [2.75, 3.05) is 6.26 Å². The van der Waals surface area contributed by atoms with Crippen LogP contribution in [0.1, 0.15) is 5.69 Å². The molecule has 0 N–H and O–H groups in total. The van der Waals surface area contributed by atoms with E-state index >= 15 is 0 Å². The van der Waals surface area contributed by atoms with Crippen molar-refractivity contribution in [2.45, 2.75) is 10.8 Å². The molecule has 17 heavy (non-hydrogen) atoms. The predicted molar refractivity (Wildman–Crippen MR) is 72.1 cm³/mol. The average molecular weight is 266 g/mol. The van der Waals surface area contributed by atoms with Gasteiger partial charge >= 0.3 is 0 Å². The van der Waals surface area contributed by atoms with E-state index in [0.29, 0.717) is 5.88 Å². The molecule has 2 aromatic rings. The lowest BCUT2D eigenvalue weighted by atomic mass is 10.3. The lowest BCUT2D eigenvalue weighted by Crippen LogP contribution is -1.89. The topological polar surface area (TPSA) is 22.1 Å². The van der Waals surface area contributed by atoms with Gasteiger partial charge in [0.05, 0.1) is 11.6 Å². The molecule has 0 bridgehead atoms. The summed E-state index contributed by atoms with van der Waals surface area (Å²) in [6.07, 6.45) is 3.73. The number of alkyl halides is 1. The van der Waals surface area contributed by atoms with Crippen molar-refractivity contribution in [3.8, 4) is 11.5 Å². The summed E-state index contributed by atoms with van der Waals surface area (Å²) in [5.41, 5.74) is 0.811. The molecule has 0 fully saturated rings. The van der Waals surface area contributed by atoms with Crippen LogP contribution in [-0.4, -0.2) is 11.2 Å². The van der Waals surface area contributed by atoms with Crippen LogP contribution in [0, 0.1) is 0 Å². The second kappa shape index (κ2) is 5.94. The van der Waals surface area contributed by atoms with E-state index in [1.54, 1.807) is 18.0 Å². The Kier molecular flexibility index (Phi) is 4.29. The van der Waals surface area contributed by atoms with E-state index in [1.165, 1.54) is 0 Å². The van der Waals surface area contributed by atoms with Crippen molar-refractivity contribution in [2.24, 2.45) is 0 Å². The number of nitrogens with zero attached hydrogens (tertiary/aromatic N) is 1. The quantitative estimate of drug-likeness (QED) is 0.607. The summed E-state index contributed by atoms with van der Waals surface area (Å²) in [4.78, 5) is 5.23. The Hall–Kier alpha value is -1.19. The van der Waals surface area contributed by atoms with E-state index in [1.807, 2.05) is 42.7 Å². The first kappa shape index (κ1) is 12.3. The first-order valence-electron chi connectivity index (χ1n) is 5.15. The van der Waals surface area contributed by atoms with E-state index < -0.39 is 0 Å². The Balaban J connectivity index is 2.24. The SMILES string of the molecule is CSc1ccccc1Oc1ccnc(CCl)c1. The lowest BCUT2D eigenvalue weighted by Gasteiger charge is -2.09. The second-order valence-electron chi connectivity index (χ2n) is 3.37. The normalized spacial score (nSPS) is 10.2. The first-order valence-corrected chi connectivity index (χ1v) is 6.91. The third kappa shape index (κ3) is 3.14. The van der Waals surface area contributed by atoms with E-state index in [2.05, 4.69) is 4.98 Å². The lowest BCUT2D eigenvalue weighted by molar-refractivity contribution is 0.470. The summed E-state index contributed by atoms with van der Waals surface area (Å²) in [7, 11) is 0. The number of thioether (sulfide) groups is 1. The van der Waals surface area contributed by atoms with Crippen molar-refractivity contribution in [1.29, 1.82) is 0 Å². The largest absolute Gasteiger partial charge is 0.456 e. The molecule has 88 valence electrons. The Morgan fingerprint density at radius 3 is 2.88 bits per heavy atom. The first-order chi connectivity index (χ1) is 8.33. The molecule has 1 aromatic carbocycles. The van der Waals surface area contributed by atoms with Crippen LogP contribution >= 0.6 is 23.4 Å². The molecule has 0 saturated carbocycles. The van der Waals surface area contributed by atoms with Crippen LogP contribution in [0.4, 0.5) is 0 Å². The molecule has 0 unspecified atom stereocenters. The van der Waals surface area contributed by atoms with Crippen molar-refractivity contribution >= 4 is 23.4 Å². The molecule has 0 radical (unpaired) electrons. The minimum atomic E-state index is 0.390. The number of ether oxygens (including phenoxy) is 1. The Labute approximate surface area is 110 Å². The Bertz CT molecular complexity index is 504. The highest BCUT2D eigenvalue weighted by molar-refractivity contribution is 7.98. The van der Waals surface area contributed by atoms with Gasteiger partial charge in [-0.05, 0) is 24.5 Å². The smallest absolute Gasteiger partial charge is 0.140 e. The summed E-state index contributed by atoms with van der Waals surface area (Å²) in [6.45, 7) is 0. The highest BCUT2D eigenvalue weighted by Gasteiger charge is 2.03. The maximum absolute atomic E-state index is 5.82. The van der Waals surface area contributed by atoms with Crippen LogP contribution in [-0.2, 0) is 5.88 Å². The summed E-state index contributed by atoms with van der Waals surface area (Å²) in [6, 6.07) is 11.6. The molecule has 0 saturated heterocycles. The van der Waals surface area contributed by atoms with Gasteiger partial charge in [0, 0.05) is 17.2 Å². The molecule has 0 aliphatic carbocycles. The molecule has 2 rings (SSSR count). The fraction of sp³-hybridized carbons (Fsp3) is 0.154. The minimum Gasteiger partial charge on any atom is -0.456 e. The summed E-state index contributed by atoms with van der Waals surface area (Å²) < 4.78 is 5.82. The highest BCUT2D eigenvalue weighted by Crippen LogP contribution is 2.31. The maximum Gasteiger partial charge on any atom is 0.140 e. The zero-order chi connectivity index (χ0) is 12.1. The predicted octanol–water partition coefficient (Wildman–Crippen LogP) is 4.33. The Morgan fingerprint density at radius 1 is 1.29 bits per heavy atom. The maximum atomic E-state index is 5.82. The average Bonchev–Trinajstić information content (AvgIpc) is 2.39. The van der Waals surface area contributed by atoms with Gasteiger partial charge < -0.3 is 4.74 Å². The number of rotatable bonds is 4. The van der Waals surface area contributed by atoms with E-state index in [-0.39, 0.29) is 0 Å².